The lowest BCUT2D eigenvalue weighted by Gasteiger charge is -2.10. The highest BCUT2D eigenvalue weighted by Crippen LogP contribution is 2.43. The van der Waals surface area contributed by atoms with E-state index in [1.54, 1.807) is 12.1 Å². The molecule has 41 heavy (non-hydrogen) atoms. The highest BCUT2D eigenvalue weighted by Gasteiger charge is 2.31. The van der Waals surface area contributed by atoms with Crippen LogP contribution in [-0.2, 0) is 17.8 Å². The lowest BCUT2D eigenvalue weighted by atomic mass is 10.0. The molecule has 0 saturated heterocycles. The summed E-state index contributed by atoms with van der Waals surface area (Å²) in [6.45, 7) is 3.60. The number of halogens is 3. The number of hydrogen-bond donors (Lipinski definition) is 1. The van der Waals surface area contributed by atoms with Gasteiger partial charge in [0.2, 0.25) is 5.89 Å². The van der Waals surface area contributed by atoms with Crippen LogP contribution < -0.4 is 14.2 Å². The van der Waals surface area contributed by atoms with Gasteiger partial charge in [0, 0.05) is 23.5 Å². The van der Waals surface area contributed by atoms with Crippen molar-refractivity contribution in [3.63, 3.8) is 0 Å². The molecule has 2 aromatic heterocycles. The number of oxazole rings is 1. The Morgan fingerprint density at radius 2 is 1.73 bits per heavy atom. The van der Waals surface area contributed by atoms with Gasteiger partial charge in [0.15, 0.2) is 12.4 Å². The van der Waals surface area contributed by atoms with Crippen molar-refractivity contribution >= 4 is 5.97 Å². The Balaban J connectivity index is 1.42. The first-order valence-corrected chi connectivity index (χ1v) is 12.9. The lowest BCUT2D eigenvalue weighted by molar-refractivity contribution is -0.274. The standard InChI is InChI=1S/C29H26F3N3O6/c1-16(2)39-28-33-13-20(14-34-28)26-27(18-5-7-21(8-6-18)41-29(30,31)32)40-24(35-26)15-38-22-9-10-23(17-3-4-17)19(11-22)12-25(36)37/h5-11,13-14,16-17H,3-4,12,15H2,1-2H3,(H,36,37). The zero-order chi connectivity index (χ0) is 29.1. The van der Waals surface area contributed by atoms with Gasteiger partial charge in [0.25, 0.3) is 0 Å². The molecule has 0 aliphatic heterocycles. The van der Waals surface area contributed by atoms with Crippen LogP contribution in [0.3, 0.4) is 0 Å². The van der Waals surface area contributed by atoms with Gasteiger partial charge in [-0.05, 0) is 80.1 Å². The fourth-order valence-electron chi connectivity index (χ4n) is 4.26. The normalized spacial score (nSPS) is 13.3. The van der Waals surface area contributed by atoms with Crippen LogP contribution in [0.15, 0.2) is 59.3 Å². The van der Waals surface area contributed by atoms with Crippen LogP contribution in [0.1, 0.15) is 49.6 Å². The Kier molecular flexibility index (Phi) is 7.82. The average molecular weight is 570 g/mol. The smallest absolute Gasteiger partial charge is 0.484 e. The summed E-state index contributed by atoms with van der Waals surface area (Å²) in [5, 5.41) is 9.33. The quantitative estimate of drug-likeness (QED) is 0.214. The Labute approximate surface area is 232 Å². The predicted molar refractivity (Wildman–Crippen MR) is 140 cm³/mol. The van der Waals surface area contributed by atoms with Gasteiger partial charge in [0.1, 0.15) is 17.2 Å². The maximum atomic E-state index is 12.6. The van der Waals surface area contributed by atoms with Crippen molar-refractivity contribution in [1.82, 2.24) is 15.0 Å². The molecule has 1 N–H and O–H groups in total. The molecule has 0 atom stereocenters. The van der Waals surface area contributed by atoms with Crippen molar-refractivity contribution in [2.45, 2.75) is 58.1 Å². The van der Waals surface area contributed by atoms with E-state index in [1.807, 2.05) is 19.9 Å². The summed E-state index contributed by atoms with van der Waals surface area (Å²) in [5.74, 6) is -0.0270. The van der Waals surface area contributed by atoms with Gasteiger partial charge in [-0.1, -0.05) is 6.07 Å². The molecule has 214 valence electrons. The second kappa shape index (κ2) is 11.5. The fraction of sp³-hybridized carbons (Fsp3) is 0.310. The topological polar surface area (TPSA) is 117 Å². The number of carboxylic acids is 1. The molecule has 1 fully saturated rings. The molecule has 0 amide bonds. The van der Waals surface area contributed by atoms with Crippen LogP contribution in [0, 0.1) is 0 Å². The van der Waals surface area contributed by atoms with Crippen LogP contribution in [0.2, 0.25) is 0 Å². The SMILES string of the molecule is CC(C)Oc1ncc(-c2nc(COc3ccc(C4CC4)c(CC(=O)O)c3)oc2-c2ccc(OC(F)(F)F)cc2)cn1. The molecule has 4 aromatic rings. The van der Waals surface area contributed by atoms with Gasteiger partial charge in [-0.15, -0.1) is 13.2 Å². The van der Waals surface area contributed by atoms with Crippen LogP contribution in [0.5, 0.6) is 17.5 Å². The highest BCUT2D eigenvalue weighted by molar-refractivity contribution is 5.76. The Hall–Kier alpha value is -4.61. The maximum absolute atomic E-state index is 12.6. The summed E-state index contributed by atoms with van der Waals surface area (Å²) in [6, 6.07) is 10.7. The Bertz CT molecular complexity index is 1510. The molecule has 0 radical (unpaired) electrons. The zero-order valence-corrected chi connectivity index (χ0v) is 22.1. The molecule has 12 heteroatoms. The van der Waals surface area contributed by atoms with Crippen LogP contribution in [0.25, 0.3) is 22.6 Å². The van der Waals surface area contributed by atoms with Crippen molar-refractivity contribution in [1.29, 1.82) is 0 Å². The Morgan fingerprint density at radius 1 is 1.05 bits per heavy atom. The van der Waals surface area contributed by atoms with E-state index in [4.69, 9.17) is 13.9 Å². The number of rotatable bonds is 11. The van der Waals surface area contributed by atoms with E-state index in [-0.39, 0.29) is 42.5 Å². The van der Waals surface area contributed by atoms with Crippen molar-refractivity contribution < 1.29 is 41.7 Å². The summed E-state index contributed by atoms with van der Waals surface area (Å²) >= 11 is 0. The number of aromatic nitrogens is 3. The number of carboxylic acid groups (broad SMARTS) is 1. The van der Waals surface area contributed by atoms with Gasteiger partial charge in [0.05, 0.1) is 12.5 Å². The number of nitrogens with zero attached hydrogens (tertiary/aromatic N) is 3. The van der Waals surface area contributed by atoms with E-state index in [2.05, 4.69) is 19.7 Å². The van der Waals surface area contributed by atoms with Gasteiger partial charge in [-0.25, -0.2) is 15.0 Å². The molecule has 0 spiro atoms. The molecule has 2 heterocycles. The molecular weight excluding hydrogens is 543 g/mol. The first-order valence-electron chi connectivity index (χ1n) is 12.9. The van der Waals surface area contributed by atoms with Crippen LogP contribution in [-0.4, -0.2) is 38.5 Å². The van der Waals surface area contributed by atoms with Gasteiger partial charge in [-0.3, -0.25) is 4.79 Å². The largest absolute Gasteiger partial charge is 0.573 e. The average Bonchev–Trinajstić information content (AvgIpc) is 3.65. The van der Waals surface area contributed by atoms with Gasteiger partial charge >= 0.3 is 18.3 Å². The number of hydrogen-bond acceptors (Lipinski definition) is 8. The predicted octanol–water partition coefficient (Wildman–Crippen LogP) is 6.57. The third-order valence-corrected chi connectivity index (χ3v) is 6.10. The second-order valence-corrected chi connectivity index (χ2v) is 9.77. The third kappa shape index (κ3) is 7.33. The van der Waals surface area contributed by atoms with Crippen molar-refractivity contribution in [3.05, 3.63) is 71.9 Å². The molecule has 1 aliphatic rings. The monoisotopic (exact) mass is 569 g/mol. The van der Waals surface area contributed by atoms with Gasteiger partial charge in [-0.2, -0.15) is 0 Å². The molecule has 5 rings (SSSR count). The molecule has 2 aromatic carbocycles. The summed E-state index contributed by atoms with van der Waals surface area (Å²) in [6.07, 6.45) is 0.0273. The second-order valence-electron chi connectivity index (χ2n) is 9.77. The molecule has 1 saturated carbocycles. The van der Waals surface area contributed by atoms with E-state index >= 15 is 0 Å². The number of alkyl halides is 3. The first-order chi connectivity index (χ1) is 19.5. The minimum absolute atomic E-state index is 0.0903. The van der Waals surface area contributed by atoms with Crippen molar-refractivity contribution in [3.8, 4) is 40.1 Å². The minimum atomic E-state index is -4.82. The molecule has 1 aliphatic carbocycles. The van der Waals surface area contributed by atoms with Crippen molar-refractivity contribution in [2.24, 2.45) is 0 Å². The lowest BCUT2D eigenvalue weighted by Crippen LogP contribution is -2.16. The zero-order valence-electron chi connectivity index (χ0n) is 22.1. The number of aliphatic carboxylic acids is 1. The summed E-state index contributed by atoms with van der Waals surface area (Å²) in [7, 11) is 0. The molecule has 0 bridgehead atoms. The van der Waals surface area contributed by atoms with Gasteiger partial charge < -0.3 is 23.7 Å². The van der Waals surface area contributed by atoms with E-state index in [9.17, 15) is 23.1 Å². The van der Waals surface area contributed by atoms with E-state index in [0.717, 1.165) is 18.4 Å². The fourth-order valence-corrected chi connectivity index (χ4v) is 4.26. The summed E-state index contributed by atoms with van der Waals surface area (Å²) < 4.78 is 59.2. The third-order valence-electron chi connectivity index (χ3n) is 6.10. The Morgan fingerprint density at radius 3 is 2.34 bits per heavy atom. The van der Waals surface area contributed by atoms with Crippen LogP contribution in [0.4, 0.5) is 13.2 Å². The summed E-state index contributed by atoms with van der Waals surface area (Å²) in [5.41, 5.74) is 2.99. The summed E-state index contributed by atoms with van der Waals surface area (Å²) in [4.78, 5) is 24.4. The maximum Gasteiger partial charge on any atom is 0.573 e. The number of carbonyl (C=O) groups is 1. The minimum Gasteiger partial charge on any atom is -0.484 e. The van der Waals surface area contributed by atoms with E-state index < -0.39 is 12.3 Å². The highest BCUT2D eigenvalue weighted by atomic mass is 19.4. The molecule has 9 nitrogen and oxygen atoms in total. The first kappa shape index (κ1) is 27.9. The van der Waals surface area contributed by atoms with E-state index in [1.165, 1.54) is 36.7 Å². The molecule has 0 unspecified atom stereocenters. The number of ether oxygens (including phenoxy) is 3. The van der Waals surface area contributed by atoms with Crippen LogP contribution >= 0.6 is 0 Å². The number of benzene rings is 2. The molecular formula is C29H26F3N3O6. The van der Waals surface area contributed by atoms with Crippen molar-refractivity contribution in [2.75, 3.05) is 0 Å². The van der Waals surface area contributed by atoms with E-state index in [0.29, 0.717) is 34.1 Å².